The molecule has 3 nitrogen and oxygen atoms in total. The van der Waals surface area contributed by atoms with E-state index in [1.54, 1.807) is 6.08 Å². The fourth-order valence-corrected chi connectivity index (χ4v) is 3.67. The highest BCUT2D eigenvalue weighted by atomic mass is 35.5. The van der Waals surface area contributed by atoms with Crippen LogP contribution in [0.2, 0.25) is 5.02 Å². The Morgan fingerprint density at radius 1 is 1.12 bits per heavy atom. The van der Waals surface area contributed by atoms with Gasteiger partial charge < -0.3 is 9.64 Å². The van der Waals surface area contributed by atoms with Crippen molar-refractivity contribution in [1.82, 2.24) is 4.90 Å². The lowest BCUT2D eigenvalue weighted by Gasteiger charge is -2.30. The van der Waals surface area contributed by atoms with E-state index in [0.29, 0.717) is 12.5 Å². The van der Waals surface area contributed by atoms with Gasteiger partial charge in [0, 0.05) is 37.2 Å². The van der Waals surface area contributed by atoms with E-state index in [9.17, 15) is 4.79 Å². The smallest absolute Gasteiger partial charge is 0.162 e. The Labute approximate surface area is 214 Å². The molecule has 0 bridgehead atoms. The van der Waals surface area contributed by atoms with Gasteiger partial charge in [0.25, 0.3) is 0 Å². The van der Waals surface area contributed by atoms with Gasteiger partial charge in [-0.1, -0.05) is 94.0 Å². The fraction of sp³-hybridized carbons (Fsp3) is 0.500. The number of benzene rings is 1. The van der Waals surface area contributed by atoms with Gasteiger partial charge in [-0.2, -0.15) is 0 Å². The normalized spacial score (nSPS) is 15.2. The van der Waals surface area contributed by atoms with E-state index in [2.05, 4.69) is 25.3 Å². The Hall–Kier alpha value is -1.94. The molecule has 0 radical (unpaired) electrons. The van der Waals surface area contributed by atoms with E-state index in [4.69, 9.17) is 16.3 Å². The summed E-state index contributed by atoms with van der Waals surface area (Å²) in [5.41, 5.74) is 1.93. The van der Waals surface area contributed by atoms with E-state index in [1.807, 2.05) is 75.6 Å². The van der Waals surface area contributed by atoms with E-state index in [-0.39, 0.29) is 5.78 Å². The molecule has 190 valence electrons. The van der Waals surface area contributed by atoms with Crippen molar-refractivity contribution < 1.29 is 9.53 Å². The highest BCUT2D eigenvalue weighted by Gasteiger charge is 2.17. The van der Waals surface area contributed by atoms with Gasteiger partial charge in [-0.15, -0.1) is 0 Å². The van der Waals surface area contributed by atoms with Crippen molar-refractivity contribution >= 4 is 17.4 Å². The number of halogens is 1. The van der Waals surface area contributed by atoms with Crippen LogP contribution in [-0.2, 0) is 9.53 Å². The molecule has 1 aliphatic rings. The molecule has 1 aromatic rings. The third-order valence-electron chi connectivity index (χ3n) is 5.61. The number of carbonyl (C=O) groups excluding carboxylic acids is 1. The lowest BCUT2D eigenvalue weighted by Crippen LogP contribution is -2.37. The lowest BCUT2D eigenvalue weighted by molar-refractivity contribution is -0.115. The van der Waals surface area contributed by atoms with Gasteiger partial charge in [-0.3, -0.25) is 4.79 Å². The van der Waals surface area contributed by atoms with Gasteiger partial charge in [-0.25, -0.2) is 0 Å². The van der Waals surface area contributed by atoms with Gasteiger partial charge in [0.1, 0.15) is 0 Å². The first-order valence-corrected chi connectivity index (χ1v) is 13.0. The molecule has 0 atom stereocenters. The maximum atomic E-state index is 11.6. The van der Waals surface area contributed by atoms with Crippen molar-refractivity contribution in [3.05, 3.63) is 83.5 Å². The highest BCUT2D eigenvalue weighted by molar-refractivity contribution is 6.30. The molecule has 0 aliphatic carbocycles. The minimum Gasteiger partial charge on any atom is -0.381 e. The molecule has 2 rings (SSSR count). The van der Waals surface area contributed by atoms with E-state index in [1.165, 1.54) is 45.3 Å². The molecule has 1 aliphatic heterocycles. The number of hydrogen-bond donors (Lipinski definition) is 0. The first-order chi connectivity index (χ1) is 16.5. The summed E-state index contributed by atoms with van der Waals surface area (Å²) in [5.74, 6) is 0.206. The van der Waals surface area contributed by atoms with Crippen molar-refractivity contribution in [2.45, 2.75) is 72.3 Å². The highest BCUT2D eigenvalue weighted by Crippen LogP contribution is 2.16. The van der Waals surface area contributed by atoms with Gasteiger partial charge in [0.2, 0.25) is 0 Å². The number of piperidine rings is 1. The van der Waals surface area contributed by atoms with Crippen molar-refractivity contribution in [1.29, 1.82) is 0 Å². The molecule has 1 fully saturated rings. The first kappa shape index (κ1) is 32.1. The number of hydrogen-bond acceptors (Lipinski definition) is 3. The van der Waals surface area contributed by atoms with Crippen LogP contribution in [-0.4, -0.2) is 43.5 Å². The van der Waals surface area contributed by atoms with Crippen LogP contribution in [0.4, 0.5) is 0 Å². The van der Waals surface area contributed by atoms with Gasteiger partial charge >= 0.3 is 0 Å². The third kappa shape index (κ3) is 15.1. The molecule has 0 aromatic heterocycles. The average molecular weight is 488 g/mol. The molecule has 0 unspecified atom stereocenters. The number of methoxy groups -OCH3 is 1. The predicted molar refractivity (Wildman–Crippen MR) is 150 cm³/mol. The van der Waals surface area contributed by atoms with Crippen LogP contribution in [0.25, 0.3) is 0 Å². The van der Waals surface area contributed by atoms with E-state index in [0.717, 1.165) is 22.6 Å². The summed E-state index contributed by atoms with van der Waals surface area (Å²) < 4.78 is 5.32. The quantitative estimate of drug-likeness (QED) is 0.246. The van der Waals surface area contributed by atoms with Crippen LogP contribution >= 0.6 is 11.6 Å². The maximum Gasteiger partial charge on any atom is 0.162 e. The molecule has 1 saturated heterocycles. The van der Waals surface area contributed by atoms with Crippen LogP contribution in [0, 0.1) is 0 Å². The number of likely N-dealkylation sites (tertiary alicyclic amines) is 1. The second-order valence-electron chi connectivity index (χ2n) is 8.07. The summed E-state index contributed by atoms with van der Waals surface area (Å²) in [6, 6.07) is 9.44. The van der Waals surface area contributed by atoms with E-state index < -0.39 is 0 Å². The van der Waals surface area contributed by atoms with Crippen LogP contribution in [0.1, 0.15) is 66.2 Å². The van der Waals surface area contributed by atoms with Crippen molar-refractivity contribution in [2.24, 2.45) is 0 Å². The van der Waals surface area contributed by atoms with Gasteiger partial charge in [-0.05, 0) is 56.9 Å². The molecule has 0 N–H and O–H groups in total. The minimum atomic E-state index is 0.206. The number of carbonyl (C=O) groups is 1. The summed E-state index contributed by atoms with van der Waals surface area (Å²) in [6.45, 7) is 15.5. The van der Waals surface area contributed by atoms with E-state index >= 15 is 0 Å². The van der Waals surface area contributed by atoms with Crippen LogP contribution in [0.3, 0.4) is 0 Å². The standard InChI is InChI=1S/C14H20O.C10H21NO.C6H5Cl/c1-5-9-10-11-12(6-2)13(7-3)14(15)8-4;1-3-4-7-11-8-5-10(12-2)6-9-11;7-6-4-2-1-3-5-6/h5,7,9-11H,1,6,8H2,2-4H3;10H,3-9H2,1-2H3;1-5H/b10-9-,12-11+,13-7+;;. The molecule has 34 heavy (non-hydrogen) atoms. The Morgan fingerprint density at radius 2 is 1.76 bits per heavy atom. The number of Topliss-reactive ketones (excluding diaryl/α,β-unsaturated/α-hetero) is 1. The number of rotatable bonds is 10. The molecule has 0 saturated carbocycles. The number of nitrogens with zero attached hydrogens (tertiary/aromatic N) is 1. The van der Waals surface area contributed by atoms with Crippen LogP contribution in [0.15, 0.2) is 78.4 Å². The second kappa shape index (κ2) is 21.6. The number of unbranched alkanes of at least 4 members (excludes halogenated alkanes) is 1. The zero-order chi connectivity index (χ0) is 25.6. The first-order valence-electron chi connectivity index (χ1n) is 12.6. The molecule has 1 heterocycles. The Balaban J connectivity index is 0.000000509. The van der Waals surface area contributed by atoms with Gasteiger partial charge in [0.05, 0.1) is 6.10 Å². The van der Waals surface area contributed by atoms with Crippen molar-refractivity contribution in [2.75, 3.05) is 26.7 Å². The summed E-state index contributed by atoms with van der Waals surface area (Å²) in [4.78, 5) is 14.2. The summed E-state index contributed by atoms with van der Waals surface area (Å²) in [6.07, 6.45) is 16.4. The molecule has 4 heteroatoms. The zero-order valence-electron chi connectivity index (χ0n) is 22.1. The minimum absolute atomic E-state index is 0.206. The summed E-state index contributed by atoms with van der Waals surface area (Å²) >= 11 is 5.54. The van der Waals surface area contributed by atoms with Crippen LogP contribution in [0.5, 0.6) is 0 Å². The van der Waals surface area contributed by atoms with Gasteiger partial charge in [0.15, 0.2) is 5.78 Å². The third-order valence-corrected chi connectivity index (χ3v) is 5.86. The average Bonchev–Trinajstić information content (AvgIpc) is 2.88. The molecular formula is C30H46ClNO2. The summed E-state index contributed by atoms with van der Waals surface area (Å²) in [5, 5.41) is 0.794. The number of ether oxygens (including phenoxy) is 1. The van der Waals surface area contributed by atoms with Crippen molar-refractivity contribution in [3.8, 4) is 0 Å². The maximum absolute atomic E-state index is 11.6. The monoisotopic (exact) mass is 487 g/mol. The Bertz CT molecular complexity index is 744. The zero-order valence-corrected chi connectivity index (χ0v) is 22.8. The second-order valence-corrected chi connectivity index (χ2v) is 8.51. The van der Waals surface area contributed by atoms with Crippen molar-refractivity contribution in [3.63, 3.8) is 0 Å². The SMILES string of the molecule is C=C\C=C/C=C(CC)/C(=C\C)C(=O)CC.CCCCN1CCC(OC)CC1.Clc1ccccc1. The molecule has 0 spiro atoms. The largest absolute Gasteiger partial charge is 0.381 e. The summed E-state index contributed by atoms with van der Waals surface area (Å²) in [7, 11) is 1.83. The predicted octanol–water partition coefficient (Wildman–Crippen LogP) is 8.23. The number of allylic oxidation sites excluding steroid dienone is 7. The molecular weight excluding hydrogens is 442 g/mol. The number of ketones is 1. The lowest BCUT2D eigenvalue weighted by atomic mass is 9.97. The topological polar surface area (TPSA) is 29.5 Å². The Morgan fingerprint density at radius 3 is 2.18 bits per heavy atom. The molecule has 1 aromatic carbocycles. The fourth-order valence-electron chi connectivity index (χ4n) is 3.53. The Kier molecular flexibility index (Phi) is 20.4. The molecule has 0 amide bonds. The van der Waals surface area contributed by atoms with Crippen LogP contribution < -0.4 is 0 Å².